The topological polar surface area (TPSA) is 90.0 Å². The third-order valence-electron chi connectivity index (χ3n) is 5.98. The van der Waals surface area contributed by atoms with Crippen LogP contribution in [0.3, 0.4) is 0 Å². The summed E-state index contributed by atoms with van der Waals surface area (Å²) in [6.45, 7) is 2.03. The fourth-order valence-electron chi connectivity index (χ4n) is 4.08. The van der Waals surface area contributed by atoms with Crippen LogP contribution in [0.4, 0.5) is 5.69 Å². The Kier molecular flexibility index (Phi) is 5.15. The molecule has 36 heavy (non-hydrogen) atoms. The molecule has 6 rings (SSSR count). The van der Waals surface area contributed by atoms with E-state index in [4.69, 9.17) is 4.42 Å². The highest BCUT2D eigenvalue weighted by atomic mass is 16.4. The Hall–Kier alpha value is -5.04. The van der Waals surface area contributed by atoms with Crippen molar-refractivity contribution in [2.45, 2.75) is 6.92 Å². The minimum Gasteiger partial charge on any atom is -0.422 e. The van der Waals surface area contributed by atoms with Crippen molar-refractivity contribution in [3.05, 3.63) is 119 Å². The molecule has 0 aliphatic heterocycles. The molecule has 0 atom stereocenters. The first-order valence-electron chi connectivity index (χ1n) is 11.4. The van der Waals surface area contributed by atoms with Crippen LogP contribution in [-0.2, 0) is 0 Å². The van der Waals surface area contributed by atoms with E-state index in [1.807, 2.05) is 55.5 Å². The van der Waals surface area contributed by atoms with Gasteiger partial charge in [-0.3, -0.25) is 4.79 Å². The number of aromatic nitrogens is 3. The Morgan fingerprint density at radius 3 is 2.50 bits per heavy atom. The SMILES string of the molecule is Cc1ccc(-n2nc3ccc(NC(=O)c4cccc(-c5cc6ccccc6oc5=O)c4)cc3n2)cc1. The number of fused-ring (bicyclic) bond motifs is 2. The van der Waals surface area contributed by atoms with Crippen LogP contribution in [0.5, 0.6) is 0 Å². The molecular weight excluding hydrogens is 452 g/mol. The van der Waals surface area contributed by atoms with Gasteiger partial charge in [-0.15, -0.1) is 10.2 Å². The summed E-state index contributed by atoms with van der Waals surface area (Å²) in [4.78, 5) is 27.2. The summed E-state index contributed by atoms with van der Waals surface area (Å²) < 4.78 is 5.45. The molecule has 6 aromatic rings. The Bertz CT molecular complexity index is 1820. The van der Waals surface area contributed by atoms with Gasteiger partial charge < -0.3 is 9.73 Å². The molecule has 1 N–H and O–H groups in total. The van der Waals surface area contributed by atoms with Crippen LogP contribution >= 0.6 is 0 Å². The summed E-state index contributed by atoms with van der Waals surface area (Å²) in [6, 6.07) is 29.3. The molecule has 0 unspecified atom stereocenters. The van der Waals surface area contributed by atoms with Crippen molar-refractivity contribution in [3.63, 3.8) is 0 Å². The molecule has 2 heterocycles. The van der Waals surface area contributed by atoms with E-state index in [9.17, 15) is 9.59 Å². The van der Waals surface area contributed by atoms with Gasteiger partial charge in [0.25, 0.3) is 5.91 Å². The monoisotopic (exact) mass is 472 g/mol. The van der Waals surface area contributed by atoms with Crippen molar-refractivity contribution >= 4 is 33.6 Å². The van der Waals surface area contributed by atoms with Gasteiger partial charge in [0.05, 0.1) is 11.3 Å². The molecule has 0 saturated carbocycles. The molecule has 0 bridgehead atoms. The molecule has 7 heteroatoms. The van der Waals surface area contributed by atoms with Gasteiger partial charge in [0.1, 0.15) is 16.6 Å². The summed E-state index contributed by atoms with van der Waals surface area (Å²) in [5.74, 6) is -0.299. The Morgan fingerprint density at radius 2 is 1.64 bits per heavy atom. The Morgan fingerprint density at radius 1 is 0.833 bits per heavy atom. The number of amides is 1. The standard InChI is InChI=1S/C29H20N4O3/c1-18-9-12-23(13-10-18)33-31-25-14-11-22(17-26(25)32-33)30-28(34)21-7-4-6-19(15-21)24-16-20-5-2-3-8-27(20)36-29(24)35/h2-17H,1H3,(H,30,34). The lowest BCUT2D eigenvalue weighted by Crippen LogP contribution is -2.12. The molecule has 1 amide bonds. The Labute approximate surface area is 205 Å². The second kappa shape index (κ2) is 8.63. The number of rotatable bonds is 4. The highest BCUT2D eigenvalue weighted by Gasteiger charge is 2.13. The molecule has 7 nitrogen and oxygen atoms in total. The number of para-hydroxylation sites is 1. The van der Waals surface area contributed by atoms with E-state index >= 15 is 0 Å². The predicted molar refractivity (Wildman–Crippen MR) is 139 cm³/mol. The van der Waals surface area contributed by atoms with E-state index in [0.29, 0.717) is 33.5 Å². The van der Waals surface area contributed by atoms with Crippen LogP contribution in [0.15, 0.2) is 106 Å². The number of benzene rings is 4. The largest absolute Gasteiger partial charge is 0.422 e. The summed E-state index contributed by atoms with van der Waals surface area (Å²) in [5.41, 5.74) is 5.50. The summed E-state index contributed by atoms with van der Waals surface area (Å²) in [5, 5.41) is 12.8. The lowest BCUT2D eigenvalue weighted by atomic mass is 10.0. The van der Waals surface area contributed by atoms with Crippen molar-refractivity contribution in [2.24, 2.45) is 0 Å². The number of hydrogen-bond donors (Lipinski definition) is 1. The fourth-order valence-corrected chi connectivity index (χ4v) is 4.08. The number of nitrogens with zero attached hydrogens (tertiary/aromatic N) is 3. The molecule has 0 radical (unpaired) electrons. The second-order valence-electron chi connectivity index (χ2n) is 8.55. The van der Waals surface area contributed by atoms with Gasteiger partial charge in [-0.2, -0.15) is 4.80 Å². The van der Waals surface area contributed by atoms with Gasteiger partial charge in [-0.05, 0) is 67.1 Å². The summed E-state index contributed by atoms with van der Waals surface area (Å²) in [7, 11) is 0. The molecule has 0 aliphatic rings. The molecular formula is C29H20N4O3. The number of hydrogen-bond acceptors (Lipinski definition) is 5. The zero-order chi connectivity index (χ0) is 24.6. The normalized spacial score (nSPS) is 11.1. The van der Waals surface area contributed by atoms with Crippen LogP contribution in [0, 0.1) is 6.92 Å². The van der Waals surface area contributed by atoms with Crippen LogP contribution in [0.25, 0.3) is 38.8 Å². The highest BCUT2D eigenvalue weighted by Crippen LogP contribution is 2.23. The van der Waals surface area contributed by atoms with Crippen molar-refractivity contribution < 1.29 is 9.21 Å². The number of carbonyl (C=O) groups is 1. The van der Waals surface area contributed by atoms with Gasteiger partial charge in [0.15, 0.2) is 0 Å². The number of anilines is 1. The minimum atomic E-state index is -0.451. The average molecular weight is 473 g/mol. The lowest BCUT2D eigenvalue weighted by Gasteiger charge is -2.07. The Balaban J connectivity index is 1.27. The minimum absolute atomic E-state index is 0.299. The van der Waals surface area contributed by atoms with Crippen molar-refractivity contribution in [1.29, 1.82) is 0 Å². The van der Waals surface area contributed by atoms with E-state index in [2.05, 4.69) is 15.5 Å². The molecule has 0 aliphatic carbocycles. The van der Waals surface area contributed by atoms with E-state index < -0.39 is 5.63 Å². The number of aryl methyl sites for hydroxylation is 1. The van der Waals surface area contributed by atoms with Gasteiger partial charge in [0, 0.05) is 16.6 Å². The van der Waals surface area contributed by atoms with E-state index in [1.54, 1.807) is 53.3 Å². The number of nitrogens with one attached hydrogen (secondary N) is 1. The zero-order valence-corrected chi connectivity index (χ0v) is 19.3. The fraction of sp³-hybridized carbons (Fsp3) is 0.0345. The van der Waals surface area contributed by atoms with Crippen LogP contribution < -0.4 is 10.9 Å². The molecule has 0 fully saturated rings. The van der Waals surface area contributed by atoms with E-state index in [-0.39, 0.29) is 5.91 Å². The van der Waals surface area contributed by atoms with Gasteiger partial charge in [-0.25, -0.2) is 4.79 Å². The molecule has 0 spiro atoms. The number of carbonyl (C=O) groups excluding carboxylic acids is 1. The van der Waals surface area contributed by atoms with Gasteiger partial charge in [-0.1, -0.05) is 48.0 Å². The molecule has 0 saturated heterocycles. The maximum absolute atomic E-state index is 13.0. The predicted octanol–water partition coefficient (Wildman–Crippen LogP) is 5.75. The molecule has 4 aromatic carbocycles. The lowest BCUT2D eigenvalue weighted by molar-refractivity contribution is 0.102. The van der Waals surface area contributed by atoms with Crippen molar-refractivity contribution in [3.8, 4) is 16.8 Å². The van der Waals surface area contributed by atoms with Crippen molar-refractivity contribution in [2.75, 3.05) is 5.32 Å². The maximum Gasteiger partial charge on any atom is 0.344 e. The summed E-state index contributed by atoms with van der Waals surface area (Å²) >= 11 is 0. The van der Waals surface area contributed by atoms with Gasteiger partial charge in [0.2, 0.25) is 0 Å². The van der Waals surface area contributed by atoms with E-state index in [0.717, 1.165) is 22.2 Å². The van der Waals surface area contributed by atoms with Crippen LogP contribution in [0.2, 0.25) is 0 Å². The first-order chi connectivity index (χ1) is 17.5. The van der Waals surface area contributed by atoms with Crippen LogP contribution in [0.1, 0.15) is 15.9 Å². The first kappa shape index (κ1) is 21.5. The third kappa shape index (κ3) is 4.03. The zero-order valence-electron chi connectivity index (χ0n) is 19.3. The van der Waals surface area contributed by atoms with E-state index in [1.165, 1.54) is 0 Å². The molecule has 174 valence electrons. The smallest absolute Gasteiger partial charge is 0.344 e. The van der Waals surface area contributed by atoms with Gasteiger partial charge >= 0.3 is 5.63 Å². The quantitative estimate of drug-likeness (QED) is 0.330. The maximum atomic E-state index is 13.0. The summed E-state index contributed by atoms with van der Waals surface area (Å²) in [6.07, 6.45) is 0. The van der Waals surface area contributed by atoms with Crippen LogP contribution in [-0.4, -0.2) is 20.9 Å². The second-order valence-corrected chi connectivity index (χ2v) is 8.55. The molecule has 2 aromatic heterocycles. The third-order valence-corrected chi connectivity index (χ3v) is 5.98. The average Bonchev–Trinajstić information content (AvgIpc) is 3.32. The first-order valence-corrected chi connectivity index (χ1v) is 11.4. The highest BCUT2D eigenvalue weighted by molar-refractivity contribution is 6.05. The van der Waals surface area contributed by atoms with Crippen molar-refractivity contribution in [1.82, 2.24) is 15.0 Å².